The Kier molecular flexibility index (Phi) is 27.7. The number of methoxy groups -OCH3 is 2. The lowest BCUT2D eigenvalue weighted by Gasteiger charge is -2.42. The van der Waals surface area contributed by atoms with Gasteiger partial charge in [-0.25, -0.2) is 24.0 Å². The van der Waals surface area contributed by atoms with Crippen molar-refractivity contribution in [2.24, 2.45) is 23.3 Å². The van der Waals surface area contributed by atoms with Crippen LogP contribution in [0.2, 0.25) is 5.02 Å². The molecule has 532 valence electrons. The van der Waals surface area contributed by atoms with E-state index < -0.39 is 144 Å². The van der Waals surface area contributed by atoms with Crippen LogP contribution in [-0.2, 0) is 84.7 Å². The first-order chi connectivity index (χ1) is 45.8. The third-order valence-corrected chi connectivity index (χ3v) is 17.5. The molecule has 32 heteroatoms. The fourth-order valence-electron chi connectivity index (χ4n) is 11.2. The highest BCUT2D eigenvalue weighted by molar-refractivity contribution is 6.35. The largest absolute Gasteiger partial charge is 0.495 e. The number of allylic oxidation sites excluding steroid dienone is 3. The number of alkyl carbamates (subject to hydrolysis) is 1. The number of carbonyl (C=O) groups is 12. The number of carbonyl (C=O) groups excluding carboxylic acids is 12. The van der Waals surface area contributed by atoms with Gasteiger partial charge in [-0.15, -0.1) is 5.06 Å². The second-order valence-electron chi connectivity index (χ2n) is 25.0. The number of benzene rings is 2. The molecule has 3 saturated heterocycles. The Hall–Kier alpha value is -8.91. The van der Waals surface area contributed by atoms with Crippen LogP contribution in [0.3, 0.4) is 0 Å². The number of hydrogen-bond acceptors (Lipinski definition) is 21. The summed E-state index contributed by atoms with van der Waals surface area (Å²) in [5.74, 6) is -6.96. The van der Waals surface area contributed by atoms with Crippen LogP contribution in [0.25, 0.3) is 0 Å². The van der Waals surface area contributed by atoms with Crippen molar-refractivity contribution in [2.45, 2.75) is 179 Å². The number of urea groups is 1. The first kappa shape index (κ1) is 77.1. The van der Waals surface area contributed by atoms with Gasteiger partial charge in [0.25, 0.3) is 11.8 Å². The minimum atomic E-state index is -1.93. The highest BCUT2D eigenvalue weighted by Gasteiger charge is 2.64. The first-order valence-corrected chi connectivity index (χ1v) is 32.2. The number of amides is 11. The van der Waals surface area contributed by atoms with Crippen LogP contribution in [0.4, 0.5) is 25.8 Å². The number of hydroxylamine groups is 2. The van der Waals surface area contributed by atoms with Crippen LogP contribution in [0.15, 0.2) is 60.2 Å². The third-order valence-electron chi connectivity index (χ3n) is 17.2. The monoisotopic (exact) mass is 1380 g/mol. The molecular formula is C65H90ClN11O20. The predicted molar refractivity (Wildman–Crippen MR) is 348 cm³/mol. The number of likely N-dealkylation sites (N-methyl/N-ethyl adjacent to an activating group) is 1. The number of rotatable bonds is 27. The predicted octanol–water partition coefficient (Wildman–Crippen LogP) is 3.64. The quantitative estimate of drug-likeness (QED) is 0.0158. The molecular weight excluding hydrogens is 1290 g/mol. The molecule has 31 nitrogen and oxygen atoms in total. The summed E-state index contributed by atoms with van der Waals surface area (Å²) in [6, 6.07) is 6.79. The summed E-state index contributed by atoms with van der Waals surface area (Å²) < 4.78 is 34.8. The number of anilines is 2. The average Bonchev–Trinajstić information content (AvgIpc) is 1.58. The SMILES string of the molecule is COc1cc2cc(c1Cl)N(C)C(=O)C[C@H](OC(=O)[C@H](N)N(C)C(=O)CCN(C)C(=O)OCc1ccc(NC(=O)[C@H](CCCCNC(N)=O)NC(=O)[C@@H](NC(=O)CCCCC(=O)ON3C(=O)CCC3=O)C(C)C)cc1)[C@]1(C)O[C@H]1[C@H](C)[C@@H]1C[C@@](O)(NC(=O)O1)[C@H](OC)/C=C/C=C(\C)C2. The summed E-state index contributed by atoms with van der Waals surface area (Å²) in [6.45, 7) is 8.39. The highest BCUT2D eigenvalue weighted by Crippen LogP contribution is 2.49. The maximum atomic E-state index is 14.4. The molecule has 0 unspecified atom stereocenters. The van der Waals surface area contributed by atoms with E-state index >= 15 is 0 Å². The summed E-state index contributed by atoms with van der Waals surface area (Å²) in [7, 11) is 6.97. The molecule has 97 heavy (non-hydrogen) atoms. The van der Waals surface area contributed by atoms with Crippen LogP contribution in [0.1, 0.15) is 123 Å². The molecule has 0 aromatic heterocycles. The van der Waals surface area contributed by atoms with E-state index in [1.807, 2.05) is 13.0 Å². The number of aliphatic hydroxyl groups is 1. The Morgan fingerprint density at radius 1 is 0.918 bits per heavy atom. The van der Waals surface area contributed by atoms with Gasteiger partial charge in [0, 0.05) is 91.5 Å². The second-order valence-corrected chi connectivity index (χ2v) is 25.4. The molecule has 2 aromatic carbocycles. The number of nitrogens with zero attached hydrogens (tertiary/aromatic N) is 4. The molecule has 0 spiro atoms. The van der Waals surface area contributed by atoms with Gasteiger partial charge in [0.1, 0.15) is 53.4 Å². The van der Waals surface area contributed by atoms with Gasteiger partial charge in [-0.1, -0.05) is 68.3 Å². The summed E-state index contributed by atoms with van der Waals surface area (Å²) in [6.07, 6.45) is -2.22. The molecule has 2 aromatic rings. The Balaban J connectivity index is 1.03. The summed E-state index contributed by atoms with van der Waals surface area (Å²) >= 11 is 6.82. The van der Waals surface area contributed by atoms with Crippen molar-refractivity contribution in [1.29, 1.82) is 0 Å². The smallest absolute Gasteiger partial charge is 0.409 e. The number of halogens is 1. The molecule has 0 saturated carbocycles. The molecule has 4 heterocycles. The second kappa shape index (κ2) is 34.9. The van der Waals surface area contributed by atoms with E-state index in [0.29, 0.717) is 35.6 Å². The van der Waals surface area contributed by atoms with E-state index in [1.54, 1.807) is 76.2 Å². The van der Waals surface area contributed by atoms with Crippen LogP contribution in [-0.4, -0.2) is 194 Å². The molecule has 10 atom stereocenters. The molecule has 3 fully saturated rings. The third kappa shape index (κ3) is 21.3. The van der Waals surface area contributed by atoms with Gasteiger partial charge in [-0.3, -0.25) is 38.9 Å². The van der Waals surface area contributed by atoms with Gasteiger partial charge < -0.3 is 85.8 Å². The number of imide groups is 1. The van der Waals surface area contributed by atoms with Crippen LogP contribution >= 0.6 is 11.6 Å². The van der Waals surface area contributed by atoms with Crippen molar-refractivity contribution < 1.29 is 95.9 Å². The molecule has 6 rings (SSSR count). The van der Waals surface area contributed by atoms with E-state index in [9.17, 15) is 62.6 Å². The Bertz CT molecular complexity index is 3300. The number of primary amides is 1. The summed E-state index contributed by atoms with van der Waals surface area (Å²) in [5, 5.41) is 25.6. The number of fused-ring (bicyclic) bond motifs is 5. The number of hydrogen-bond donors (Lipinski definition) is 8. The Labute approximate surface area is 567 Å². The average molecular weight is 1380 g/mol. The van der Waals surface area contributed by atoms with Gasteiger partial charge in [0.05, 0.1) is 25.3 Å². The normalized spacial score (nSPS) is 23.5. The van der Waals surface area contributed by atoms with Crippen molar-refractivity contribution in [2.75, 3.05) is 58.7 Å². The zero-order valence-electron chi connectivity index (χ0n) is 56.2. The van der Waals surface area contributed by atoms with Gasteiger partial charge in [0.2, 0.25) is 29.5 Å². The van der Waals surface area contributed by atoms with Gasteiger partial charge in [0.15, 0.2) is 11.9 Å². The van der Waals surface area contributed by atoms with Crippen LogP contribution < -0.4 is 47.7 Å². The standard InChI is InChI=1S/C65H90ClN11O20/c1-36(2)55(72-48(78)19-11-12-20-53(83)97-77-50(80)25-26-51(77)81)59(85)71-42(17-13-14-28-69-61(68)87)58(84)70-41-23-21-39(22-24-41)35-93-63(89)74(6)29-27-49(79)76(8)57(67)60(86)95-47-33-52(82)75(7)43-31-40(32-44(91-9)54(43)66)30-37(3)16-15-18-46(92-10)65(90)34-45(94-62(88)73-65)38(4)56-64(47,5)96-56/h15-16,18,21-24,31-32,36,38,42,45-47,55-57,90H,11-14,17,19-20,25-30,33-35,67H2,1-10H3,(H,70,84)(H,71,85)(H,72,78)(H,73,88)(H3,68,69,87)/b18-15+,37-16+/t38-,42+,45+,46-,47+,55+,56+,57-,64+,65+/m1/s1. The molecule has 4 bridgehead atoms. The fraction of sp³-hybridized carbons (Fsp3) is 0.569. The molecule has 10 N–H and O–H groups in total. The Morgan fingerprint density at radius 3 is 2.25 bits per heavy atom. The highest BCUT2D eigenvalue weighted by atomic mass is 35.5. The van der Waals surface area contributed by atoms with Crippen molar-refractivity contribution in [1.82, 2.24) is 36.1 Å². The van der Waals surface area contributed by atoms with Crippen LogP contribution in [0.5, 0.6) is 5.75 Å². The van der Waals surface area contributed by atoms with Crippen molar-refractivity contribution >= 4 is 94.5 Å². The van der Waals surface area contributed by atoms with E-state index in [2.05, 4.69) is 26.6 Å². The minimum absolute atomic E-state index is 0.0497. The topological polar surface area (TPSA) is 418 Å². The number of esters is 1. The maximum Gasteiger partial charge on any atom is 0.409 e. The lowest BCUT2D eigenvalue weighted by molar-refractivity contribution is -0.197. The van der Waals surface area contributed by atoms with E-state index in [-0.39, 0.29) is 93.9 Å². The Morgan fingerprint density at radius 2 is 1.60 bits per heavy atom. The van der Waals surface area contributed by atoms with Gasteiger partial charge in [-0.2, -0.15) is 0 Å². The van der Waals surface area contributed by atoms with E-state index in [4.69, 9.17) is 56.3 Å². The summed E-state index contributed by atoms with van der Waals surface area (Å²) in [4.78, 5) is 164. The van der Waals surface area contributed by atoms with Crippen molar-refractivity contribution in [3.8, 4) is 5.75 Å². The number of nitrogens with two attached hydrogens (primary N) is 2. The fourth-order valence-corrected chi connectivity index (χ4v) is 11.5. The molecule has 4 aliphatic heterocycles. The first-order valence-electron chi connectivity index (χ1n) is 31.9. The zero-order chi connectivity index (χ0) is 71.6. The summed E-state index contributed by atoms with van der Waals surface area (Å²) in [5.41, 5.74) is 10.9. The van der Waals surface area contributed by atoms with E-state index in [0.717, 1.165) is 20.9 Å². The molecule has 0 radical (unpaired) electrons. The van der Waals surface area contributed by atoms with Crippen LogP contribution in [0, 0.1) is 11.8 Å². The minimum Gasteiger partial charge on any atom is -0.495 e. The zero-order valence-corrected chi connectivity index (χ0v) is 57.0. The lowest BCUT2D eigenvalue weighted by Crippen LogP contribution is -2.63. The number of nitrogens with one attached hydrogen (secondary N) is 5. The number of epoxide rings is 1. The molecule has 4 aliphatic rings. The van der Waals surface area contributed by atoms with Crippen molar-refractivity contribution in [3.63, 3.8) is 0 Å². The van der Waals surface area contributed by atoms with Crippen molar-refractivity contribution in [3.05, 3.63) is 76.3 Å². The maximum absolute atomic E-state index is 14.4. The number of unbranched alkanes of at least 4 members (excludes halogenated alkanes) is 2. The van der Waals surface area contributed by atoms with Gasteiger partial charge >= 0.3 is 30.2 Å². The molecule has 0 aliphatic carbocycles. The lowest BCUT2D eigenvalue weighted by atomic mass is 9.83. The molecule has 11 amide bonds. The van der Waals surface area contributed by atoms with E-state index in [1.165, 1.54) is 40.3 Å². The number of ether oxygens (including phenoxy) is 6. The van der Waals surface area contributed by atoms with Gasteiger partial charge in [-0.05, 0) is 93.7 Å².